The highest BCUT2D eigenvalue weighted by molar-refractivity contribution is 6.42. The highest BCUT2D eigenvalue weighted by atomic mass is 35.5. The molecule has 0 saturated carbocycles. The highest BCUT2D eigenvalue weighted by Gasteiger charge is 2.12. The van der Waals surface area contributed by atoms with Crippen molar-refractivity contribution in [3.8, 4) is 5.75 Å². The van der Waals surface area contributed by atoms with Crippen molar-refractivity contribution < 1.29 is 13.9 Å². The molecule has 158 valence electrons. The summed E-state index contributed by atoms with van der Waals surface area (Å²) in [5.41, 5.74) is 1.62. The zero-order chi connectivity index (χ0) is 21.8. The number of nitrogens with zero attached hydrogens (tertiary/aromatic N) is 4. The number of benzene rings is 2. The number of anilines is 1. The maximum absolute atomic E-state index is 13.0. The Morgan fingerprint density at radius 1 is 1.10 bits per heavy atom. The fourth-order valence-corrected chi connectivity index (χ4v) is 3.12. The number of rotatable bonds is 7. The van der Waals surface area contributed by atoms with Crippen LogP contribution in [0.4, 0.5) is 10.1 Å². The van der Waals surface area contributed by atoms with Gasteiger partial charge in [-0.2, -0.15) is 10.2 Å². The minimum absolute atomic E-state index is 0.0585. The molecule has 0 spiro atoms. The Bertz CT molecular complexity index is 1210. The molecule has 1 N–H and O–H groups in total. The molecule has 10 heteroatoms. The van der Waals surface area contributed by atoms with Gasteiger partial charge in [0.05, 0.1) is 23.5 Å². The Morgan fingerprint density at radius 2 is 1.90 bits per heavy atom. The first kappa shape index (κ1) is 20.9. The minimum Gasteiger partial charge on any atom is -0.470 e. The van der Waals surface area contributed by atoms with Crippen molar-refractivity contribution in [3.63, 3.8) is 0 Å². The normalized spacial score (nSPS) is 10.8. The number of ether oxygens (including phenoxy) is 1. The quantitative estimate of drug-likeness (QED) is 0.428. The van der Waals surface area contributed by atoms with Gasteiger partial charge in [0.1, 0.15) is 16.6 Å². The number of carbonyl (C=O) groups excluding carboxylic acids is 1. The molecule has 0 aliphatic heterocycles. The largest absolute Gasteiger partial charge is 0.470 e. The number of amides is 1. The van der Waals surface area contributed by atoms with Gasteiger partial charge in [-0.25, -0.2) is 9.07 Å². The predicted octanol–water partition coefficient (Wildman–Crippen LogP) is 4.86. The number of hydrogen-bond donors (Lipinski definition) is 1. The van der Waals surface area contributed by atoms with Crippen LogP contribution in [0.25, 0.3) is 0 Å². The number of aromatic nitrogens is 4. The molecule has 7 nitrogen and oxygen atoms in total. The second kappa shape index (κ2) is 9.20. The highest BCUT2D eigenvalue weighted by Crippen LogP contribution is 2.31. The average molecular weight is 460 g/mol. The summed E-state index contributed by atoms with van der Waals surface area (Å²) in [7, 11) is 0. The van der Waals surface area contributed by atoms with E-state index in [-0.39, 0.29) is 24.1 Å². The van der Waals surface area contributed by atoms with Crippen molar-refractivity contribution >= 4 is 34.8 Å². The molecule has 2 aromatic carbocycles. The van der Waals surface area contributed by atoms with E-state index in [0.29, 0.717) is 28.0 Å². The van der Waals surface area contributed by atoms with Crippen LogP contribution >= 0.6 is 23.2 Å². The summed E-state index contributed by atoms with van der Waals surface area (Å²) in [5, 5.41) is 11.8. The maximum Gasteiger partial charge on any atom is 0.276 e. The standard InChI is InChI=1S/C21H16Cl2FN5O2/c22-17-2-1-3-19(20(17)23)31-13-28-9-8-18(27-28)21(30)26-16-10-25-29(12-16)11-14-4-6-15(24)7-5-14/h1-10,12H,11,13H2,(H,26,30). The lowest BCUT2D eigenvalue weighted by molar-refractivity contribution is 0.102. The Kier molecular flexibility index (Phi) is 6.20. The van der Waals surface area contributed by atoms with Gasteiger partial charge in [-0.1, -0.05) is 41.4 Å². The predicted molar refractivity (Wildman–Crippen MR) is 115 cm³/mol. The van der Waals surface area contributed by atoms with E-state index in [4.69, 9.17) is 27.9 Å². The number of carbonyl (C=O) groups is 1. The molecule has 31 heavy (non-hydrogen) atoms. The van der Waals surface area contributed by atoms with Crippen LogP contribution in [0.1, 0.15) is 16.1 Å². The number of halogens is 3. The first-order valence-electron chi connectivity index (χ1n) is 9.16. The van der Waals surface area contributed by atoms with Gasteiger partial charge in [-0.15, -0.1) is 0 Å². The summed E-state index contributed by atoms with van der Waals surface area (Å²) in [5.74, 6) is -0.261. The zero-order valence-electron chi connectivity index (χ0n) is 16.0. The number of nitrogens with one attached hydrogen (secondary N) is 1. The molecule has 0 bridgehead atoms. The van der Waals surface area contributed by atoms with Gasteiger partial charge in [-0.3, -0.25) is 9.48 Å². The Balaban J connectivity index is 1.34. The molecule has 0 unspecified atom stereocenters. The zero-order valence-corrected chi connectivity index (χ0v) is 17.5. The van der Waals surface area contributed by atoms with Crippen molar-refractivity contribution in [2.24, 2.45) is 0 Å². The van der Waals surface area contributed by atoms with Crippen molar-refractivity contribution in [2.45, 2.75) is 13.3 Å². The third-order valence-electron chi connectivity index (χ3n) is 4.29. The van der Waals surface area contributed by atoms with Gasteiger partial charge in [0.2, 0.25) is 0 Å². The maximum atomic E-state index is 13.0. The number of hydrogen-bond acceptors (Lipinski definition) is 4. The first-order valence-corrected chi connectivity index (χ1v) is 9.92. The van der Waals surface area contributed by atoms with E-state index in [0.717, 1.165) is 5.56 Å². The molecule has 1 amide bonds. The van der Waals surface area contributed by atoms with Crippen LogP contribution in [-0.4, -0.2) is 25.5 Å². The van der Waals surface area contributed by atoms with Gasteiger partial charge in [0, 0.05) is 12.4 Å². The molecule has 2 heterocycles. The van der Waals surface area contributed by atoms with Crippen LogP contribution in [0.5, 0.6) is 5.75 Å². The first-order chi connectivity index (χ1) is 15.0. The fourth-order valence-electron chi connectivity index (χ4n) is 2.77. The molecule has 0 aliphatic rings. The molecule has 4 aromatic rings. The van der Waals surface area contributed by atoms with E-state index in [1.807, 2.05) is 0 Å². The molecule has 4 rings (SSSR count). The third kappa shape index (κ3) is 5.22. The summed E-state index contributed by atoms with van der Waals surface area (Å²) >= 11 is 12.1. The molecule has 2 aromatic heterocycles. The van der Waals surface area contributed by atoms with Crippen LogP contribution in [-0.2, 0) is 13.3 Å². The van der Waals surface area contributed by atoms with E-state index in [1.54, 1.807) is 53.5 Å². The van der Waals surface area contributed by atoms with Gasteiger partial charge in [-0.05, 0) is 35.9 Å². The molecule has 0 radical (unpaired) electrons. The second-order valence-electron chi connectivity index (χ2n) is 6.57. The smallest absolute Gasteiger partial charge is 0.276 e. The van der Waals surface area contributed by atoms with E-state index < -0.39 is 0 Å². The van der Waals surface area contributed by atoms with Gasteiger partial charge in [0.15, 0.2) is 12.4 Å². The molecular formula is C21H16Cl2FN5O2. The van der Waals surface area contributed by atoms with Gasteiger partial charge < -0.3 is 10.1 Å². The lowest BCUT2D eigenvalue weighted by atomic mass is 10.2. The van der Waals surface area contributed by atoms with E-state index >= 15 is 0 Å². The Morgan fingerprint density at radius 3 is 2.71 bits per heavy atom. The third-order valence-corrected chi connectivity index (χ3v) is 5.09. The molecule has 0 aliphatic carbocycles. The van der Waals surface area contributed by atoms with Gasteiger partial charge in [0.25, 0.3) is 5.91 Å². The Hall–Kier alpha value is -3.36. The van der Waals surface area contributed by atoms with Crippen LogP contribution in [0, 0.1) is 5.82 Å². The average Bonchev–Trinajstić information content (AvgIpc) is 3.40. The van der Waals surface area contributed by atoms with Crippen molar-refractivity contribution in [2.75, 3.05) is 5.32 Å². The molecule has 0 saturated heterocycles. The molecule has 0 atom stereocenters. The lowest BCUT2D eigenvalue weighted by Gasteiger charge is -2.08. The van der Waals surface area contributed by atoms with E-state index in [2.05, 4.69) is 15.5 Å². The topological polar surface area (TPSA) is 74.0 Å². The van der Waals surface area contributed by atoms with Crippen LogP contribution < -0.4 is 10.1 Å². The second-order valence-corrected chi connectivity index (χ2v) is 7.36. The summed E-state index contributed by atoms with van der Waals surface area (Å²) < 4.78 is 21.7. The monoisotopic (exact) mass is 459 g/mol. The molecule has 0 fully saturated rings. The molecular weight excluding hydrogens is 444 g/mol. The summed E-state index contributed by atoms with van der Waals surface area (Å²) in [4.78, 5) is 12.5. The summed E-state index contributed by atoms with van der Waals surface area (Å²) in [6.45, 7) is 0.511. The van der Waals surface area contributed by atoms with Crippen molar-refractivity contribution in [1.82, 2.24) is 19.6 Å². The summed E-state index contributed by atoms with van der Waals surface area (Å²) in [6, 6.07) is 12.8. The van der Waals surface area contributed by atoms with Crippen LogP contribution in [0.15, 0.2) is 67.1 Å². The van der Waals surface area contributed by atoms with Crippen LogP contribution in [0.3, 0.4) is 0 Å². The Labute approximate surface area is 187 Å². The van der Waals surface area contributed by atoms with Crippen molar-refractivity contribution in [3.05, 3.63) is 94.2 Å². The summed E-state index contributed by atoms with van der Waals surface area (Å²) in [6.07, 6.45) is 4.83. The fraction of sp³-hybridized carbons (Fsp3) is 0.0952. The minimum atomic E-state index is -0.388. The van der Waals surface area contributed by atoms with Crippen molar-refractivity contribution in [1.29, 1.82) is 0 Å². The SMILES string of the molecule is O=C(Nc1cnn(Cc2ccc(F)cc2)c1)c1ccn(COc2cccc(Cl)c2Cl)n1. The van der Waals surface area contributed by atoms with Crippen LogP contribution in [0.2, 0.25) is 10.0 Å². The van der Waals surface area contributed by atoms with E-state index in [1.165, 1.54) is 23.0 Å². The van der Waals surface area contributed by atoms with Gasteiger partial charge >= 0.3 is 0 Å². The lowest BCUT2D eigenvalue weighted by Crippen LogP contribution is -2.14. The van der Waals surface area contributed by atoms with E-state index in [9.17, 15) is 9.18 Å².